The molecule has 174 valence electrons. The summed E-state index contributed by atoms with van der Waals surface area (Å²) in [5.74, 6) is -2.75. The highest BCUT2D eigenvalue weighted by atomic mass is 32.2. The van der Waals surface area contributed by atoms with Gasteiger partial charge in [-0.25, -0.2) is 13.2 Å². The smallest absolute Gasteiger partial charge is 0.475 e. The van der Waals surface area contributed by atoms with E-state index in [1.165, 1.54) is 21.7 Å². The van der Waals surface area contributed by atoms with Crippen molar-refractivity contribution in [3.05, 3.63) is 35.4 Å². The molecule has 2 aliphatic rings. The lowest BCUT2D eigenvalue weighted by Crippen LogP contribution is -2.49. The van der Waals surface area contributed by atoms with Crippen molar-refractivity contribution in [2.45, 2.75) is 38.1 Å². The molecule has 8 nitrogen and oxygen atoms in total. The highest BCUT2D eigenvalue weighted by Gasteiger charge is 2.52. The van der Waals surface area contributed by atoms with E-state index in [2.05, 4.69) is 35.3 Å². The van der Waals surface area contributed by atoms with E-state index >= 15 is 0 Å². The zero-order valence-electron chi connectivity index (χ0n) is 17.4. The number of hydrogen-bond donors (Lipinski definition) is 2. The molecule has 0 spiro atoms. The van der Waals surface area contributed by atoms with Gasteiger partial charge in [0.25, 0.3) is 0 Å². The fourth-order valence-corrected chi connectivity index (χ4v) is 5.52. The lowest BCUT2D eigenvalue weighted by molar-refractivity contribution is -0.192. The molecule has 0 radical (unpaired) electrons. The number of carbonyl (C=O) groups excluding carboxylic acids is 1. The Kier molecular flexibility index (Phi) is 7.71. The maximum absolute atomic E-state index is 12.2. The number of aliphatic carboxylic acids is 1. The van der Waals surface area contributed by atoms with Crippen LogP contribution in [-0.2, 0) is 26.2 Å². The molecule has 0 saturated carbocycles. The summed E-state index contributed by atoms with van der Waals surface area (Å²) in [5.41, 5.74) is 2.47. The Labute approximate surface area is 179 Å². The van der Waals surface area contributed by atoms with E-state index in [9.17, 15) is 26.4 Å². The number of hydrogen-bond acceptors (Lipinski definition) is 5. The normalized spacial score (nSPS) is 24.3. The molecule has 1 amide bonds. The molecule has 2 heterocycles. The Morgan fingerprint density at radius 1 is 1.26 bits per heavy atom. The number of halogens is 3. The Bertz CT molecular complexity index is 923. The molecule has 1 aromatic rings. The molecule has 3 rings (SSSR count). The summed E-state index contributed by atoms with van der Waals surface area (Å²) in [6.07, 6.45) is -3.28. The Hall–Kier alpha value is -2.18. The van der Waals surface area contributed by atoms with Crippen LogP contribution >= 0.6 is 0 Å². The zero-order valence-corrected chi connectivity index (χ0v) is 18.2. The van der Waals surface area contributed by atoms with Gasteiger partial charge in [-0.3, -0.25) is 9.69 Å². The molecule has 2 N–H and O–H groups in total. The number of likely N-dealkylation sites (N-methyl/N-ethyl adjacent to an activating group) is 1. The summed E-state index contributed by atoms with van der Waals surface area (Å²) in [6, 6.07) is 7.71. The van der Waals surface area contributed by atoms with Gasteiger partial charge >= 0.3 is 12.1 Å². The summed E-state index contributed by atoms with van der Waals surface area (Å²) < 4.78 is 57.7. The Morgan fingerprint density at radius 3 is 2.35 bits per heavy atom. The van der Waals surface area contributed by atoms with Crippen molar-refractivity contribution in [2.24, 2.45) is 5.92 Å². The van der Waals surface area contributed by atoms with Crippen molar-refractivity contribution < 1.29 is 36.3 Å². The van der Waals surface area contributed by atoms with Crippen LogP contribution in [0.5, 0.6) is 0 Å². The van der Waals surface area contributed by atoms with Crippen LogP contribution < -0.4 is 5.32 Å². The molecule has 0 bridgehead atoms. The van der Waals surface area contributed by atoms with E-state index in [4.69, 9.17) is 9.90 Å². The minimum Gasteiger partial charge on any atom is -0.475 e. The number of fused-ring (bicyclic) bond motifs is 1. The minimum atomic E-state index is -5.08. The molecule has 0 unspecified atom stereocenters. The summed E-state index contributed by atoms with van der Waals surface area (Å²) in [5, 5.41) is 9.72. The average molecular weight is 465 g/mol. The van der Waals surface area contributed by atoms with Crippen molar-refractivity contribution in [2.75, 3.05) is 26.4 Å². The predicted octanol–water partition coefficient (Wildman–Crippen LogP) is 1.21. The molecule has 1 aromatic carbocycles. The molecule has 3 atom stereocenters. The summed E-state index contributed by atoms with van der Waals surface area (Å²) >= 11 is 0. The van der Waals surface area contributed by atoms with Crippen LogP contribution in [0.2, 0.25) is 0 Å². The molecular formula is C19H26F3N3O5S. The van der Waals surface area contributed by atoms with E-state index in [-0.39, 0.29) is 17.9 Å². The average Bonchev–Trinajstić information content (AvgIpc) is 3.17. The number of alkyl halides is 3. The van der Waals surface area contributed by atoms with Gasteiger partial charge < -0.3 is 10.4 Å². The fourth-order valence-electron chi connectivity index (χ4n) is 4.15. The summed E-state index contributed by atoms with van der Waals surface area (Å²) in [6.45, 7) is 4.40. The maximum atomic E-state index is 12.2. The molecule has 31 heavy (non-hydrogen) atoms. The van der Waals surface area contributed by atoms with Crippen LogP contribution in [0.1, 0.15) is 17.5 Å². The van der Waals surface area contributed by atoms with Crippen molar-refractivity contribution in [3.63, 3.8) is 0 Å². The number of nitrogens with zero attached hydrogens (tertiary/aromatic N) is 2. The van der Waals surface area contributed by atoms with Crippen LogP contribution in [-0.4, -0.2) is 79.3 Å². The standard InChI is InChI=1S/C17H25N3O3S.C2HF3O2/c1-12-5-4-6-13(7-12)9-19-10-14-8-15(17(21)18-2)20(16(14)11-19)24(3,22)23;3-2(4,5)1(6)7/h4-7,14-16H,8-11H2,1-3H3,(H,18,21);(H,6,7)/t14-,15-,16+;/m1./s1. The first-order chi connectivity index (χ1) is 14.2. The van der Waals surface area contributed by atoms with Crippen LogP contribution in [0.25, 0.3) is 0 Å². The van der Waals surface area contributed by atoms with Crippen LogP contribution in [0.3, 0.4) is 0 Å². The highest BCUT2D eigenvalue weighted by Crippen LogP contribution is 2.38. The first kappa shape index (κ1) is 25.1. The van der Waals surface area contributed by atoms with Crippen LogP contribution in [0, 0.1) is 12.8 Å². The van der Waals surface area contributed by atoms with E-state index in [0.717, 1.165) is 13.1 Å². The third kappa shape index (κ3) is 6.40. The summed E-state index contributed by atoms with van der Waals surface area (Å²) in [7, 11) is -1.86. The number of amides is 1. The predicted molar refractivity (Wildman–Crippen MR) is 107 cm³/mol. The SMILES string of the molecule is CNC(=O)[C@H]1C[C@@H]2CN(Cc3cccc(C)c3)C[C@@H]2N1S(C)(=O)=O.O=C(O)C(F)(F)F. The Balaban J connectivity index is 0.000000423. The first-order valence-corrected chi connectivity index (χ1v) is 11.4. The molecule has 2 fully saturated rings. The third-order valence-corrected chi connectivity index (χ3v) is 6.60. The monoisotopic (exact) mass is 465 g/mol. The van der Waals surface area contributed by atoms with E-state index in [1.54, 1.807) is 7.05 Å². The number of nitrogens with one attached hydrogen (secondary N) is 1. The lowest BCUT2D eigenvalue weighted by Gasteiger charge is -2.27. The van der Waals surface area contributed by atoms with Gasteiger partial charge in [-0.15, -0.1) is 0 Å². The van der Waals surface area contributed by atoms with E-state index in [0.29, 0.717) is 13.0 Å². The van der Waals surface area contributed by atoms with E-state index < -0.39 is 28.2 Å². The van der Waals surface area contributed by atoms with Gasteiger partial charge in [-0.05, 0) is 24.8 Å². The topological polar surface area (TPSA) is 107 Å². The number of rotatable bonds is 4. The largest absolute Gasteiger partial charge is 0.490 e. The number of carboxylic acids is 1. The van der Waals surface area contributed by atoms with Gasteiger partial charge in [0.2, 0.25) is 15.9 Å². The number of carbonyl (C=O) groups is 2. The maximum Gasteiger partial charge on any atom is 0.490 e. The van der Waals surface area contributed by atoms with Crippen molar-refractivity contribution >= 4 is 21.9 Å². The van der Waals surface area contributed by atoms with Gasteiger partial charge in [-0.1, -0.05) is 29.8 Å². The van der Waals surface area contributed by atoms with Crippen molar-refractivity contribution in [1.82, 2.24) is 14.5 Å². The number of likely N-dealkylation sites (tertiary alicyclic amines) is 1. The van der Waals surface area contributed by atoms with Crippen LogP contribution in [0.15, 0.2) is 24.3 Å². The van der Waals surface area contributed by atoms with Gasteiger partial charge in [-0.2, -0.15) is 17.5 Å². The van der Waals surface area contributed by atoms with Gasteiger partial charge in [0.1, 0.15) is 6.04 Å². The first-order valence-electron chi connectivity index (χ1n) is 9.52. The van der Waals surface area contributed by atoms with Gasteiger partial charge in [0.15, 0.2) is 0 Å². The summed E-state index contributed by atoms with van der Waals surface area (Å²) in [4.78, 5) is 23.3. The molecular weight excluding hydrogens is 439 g/mol. The highest BCUT2D eigenvalue weighted by molar-refractivity contribution is 7.88. The third-order valence-electron chi connectivity index (χ3n) is 5.31. The number of sulfonamides is 1. The molecule has 2 saturated heterocycles. The quantitative estimate of drug-likeness (QED) is 0.692. The van der Waals surface area contributed by atoms with E-state index in [1.807, 2.05) is 6.07 Å². The molecule has 2 aliphatic heterocycles. The second kappa shape index (κ2) is 9.53. The Morgan fingerprint density at radius 2 is 1.87 bits per heavy atom. The van der Waals surface area contributed by atoms with Gasteiger partial charge in [0, 0.05) is 32.7 Å². The zero-order chi connectivity index (χ0) is 23.6. The molecule has 0 aliphatic carbocycles. The number of benzene rings is 1. The van der Waals surface area contributed by atoms with Crippen molar-refractivity contribution in [3.8, 4) is 0 Å². The lowest BCUT2D eigenvalue weighted by atomic mass is 10.0. The number of carboxylic acid groups (broad SMARTS) is 1. The molecule has 0 aromatic heterocycles. The van der Waals surface area contributed by atoms with Crippen LogP contribution in [0.4, 0.5) is 13.2 Å². The fraction of sp³-hybridized carbons (Fsp3) is 0.579. The molecule has 12 heteroatoms. The van der Waals surface area contributed by atoms with Crippen molar-refractivity contribution in [1.29, 1.82) is 0 Å². The minimum absolute atomic E-state index is 0.105. The second-order valence-electron chi connectivity index (χ2n) is 7.77. The number of aryl methyl sites for hydroxylation is 1. The van der Waals surface area contributed by atoms with Gasteiger partial charge in [0.05, 0.1) is 6.26 Å². The second-order valence-corrected chi connectivity index (χ2v) is 9.66.